The SMILES string of the molecule is OC(COCCC1CCSCC1)C(F)(F)F. The van der Waals surface area contributed by atoms with Gasteiger partial charge in [-0.05, 0) is 36.7 Å². The summed E-state index contributed by atoms with van der Waals surface area (Å²) in [7, 11) is 0. The number of rotatable bonds is 5. The molecule has 0 aromatic heterocycles. The molecule has 1 unspecified atom stereocenters. The second-order valence-electron chi connectivity index (χ2n) is 3.98. The normalized spacial score (nSPS) is 21.0. The Hall–Kier alpha value is 0.0600. The standard InChI is InChI=1S/C10H17F3O2S/c11-10(12,13)9(14)7-15-4-1-8-2-5-16-6-3-8/h8-9,14H,1-7H2. The van der Waals surface area contributed by atoms with Crippen molar-refractivity contribution in [3.63, 3.8) is 0 Å². The molecule has 96 valence electrons. The van der Waals surface area contributed by atoms with E-state index >= 15 is 0 Å². The van der Waals surface area contributed by atoms with Crippen LogP contribution in [0.15, 0.2) is 0 Å². The van der Waals surface area contributed by atoms with Gasteiger partial charge in [-0.2, -0.15) is 24.9 Å². The smallest absolute Gasteiger partial charge is 0.382 e. The van der Waals surface area contributed by atoms with E-state index in [1.165, 1.54) is 0 Å². The number of hydrogen-bond donors (Lipinski definition) is 1. The monoisotopic (exact) mass is 258 g/mol. The average molecular weight is 258 g/mol. The molecule has 1 aliphatic rings. The van der Waals surface area contributed by atoms with Crippen molar-refractivity contribution >= 4 is 11.8 Å². The van der Waals surface area contributed by atoms with E-state index in [-0.39, 0.29) is 0 Å². The minimum absolute atomic E-state index is 0.308. The van der Waals surface area contributed by atoms with E-state index in [0.29, 0.717) is 12.5 Å². The van der Waals surface area contributed by atoms with Crippen LogP contribution in [0.5, 0.6) is 0 Å². The molecule has 0 radical (unpaired) electrons. The lowest BCUT2D eigenvalue weighted by atomic mass is 10.00. The summed E-state index contributed by atoms with van der Waals surface area (Å²) in [4.78, 5) is 0. The molecule has 1 aliphatic heterocycles. The fourth-order valence-corrected chi connectivity index (χ4v) is 2.78. The summed E-state index contributed by atoms with van der Waals surface area (Å²) in [6, 6.07) is 0. The number of thioether (sulfide) groups is 1. The highest BCUT2D eigenvalue weighted by Gasteiger charge is 2.38. The van der Waals surface area contributed by atoms with Crippen molar-refractivity contribution in [1.82, 2.24) is 0 Å². The summed E-state index contributed by atoms with van der Waals surface area (Å²) in [5.74, 6) is 2.84. The van der Waals surface area contributed by atoms with E-state index in [1.807, 2.05) is 11.8 Å². The van der Waals surface area contributed by atoms with Gasteiger partial charge in [0.1, 0.15) is 0 Å². The minimum atomic E-state index is -4.57. The predicted molar refractivity (Wildman–Crippen MR) is 57.5 cm³/mol. The van der Waals surface area contributed by atoms with Gasteiger partial charge in [-0.3, -0.25) is 0 Å². The van der Waals surface area contributed by atoms with E-state index in [1.54, 1.807) is 0 Å². The Morgan fingerprint density at radius 1 is 1.31 bits per heavy atom. The first kappa shape index (κ1) is 14.1. The molecule has 0 bridgehead atoms. The molecule has 0 saturated carbocycles. The number of halogens is 3. The van der Waals surface area contributed by atoms with Gasteiger partial charge in [0.25, 0.3) is 0 Å². The maximum Gasteiger partial charge on any atom is 0.416 e. The summed E-state index contributed by atoms with van der Waals surface area (Å²) >= 11 is 1.92. The van der Waals surface area contributed by atoms with Crippen molar-refractivity contribution in [3.05, 3.63) is 0 Å². The van der Waals surface area contributed by atoms with Crippen LogP contribution in [0, 0.1) is 5.92 Å². The lowest BCUT2D eigenvalue weighted by Gasteiger charge is -2.21. The van der Waals surface area contributed by atoms with Gasteiger partial charge in [0.05, 0.1) is 6.61 Å². The largest absolute Gasteiger partial charge is 0.416 e. The van der Waals surface area contributed by atoms with Crippen LogP contribution in [0.1, 0.15) is 19.3 Å². The second-order valence-corrected chi connectivity index (χ2v) is 5.20. The van der Waals surface area contributed by atoms with Gasteiger partial charge in [-0.1, -0.05) is 0 Å². The van der Waals surface area contributed by atoms with Gasteiger partial charge in [-0.15, -0.1) is 0 Å². The molecule has 1 atom stereocenters. The lowest BCUT2D eigenvalue weighted by molar-refractivity contribution is -0.217. The van der Waals surface area contributed by atoms with Crippen LogP contribution in [0.4, 0.5) is 13.2 Å². The summed E-state index contributed by atoms with van der Waals surface area (Å²) < 4.78 is 40.5. The Morgan fingerprint density at radius 3 is 2.50 bits per heavy atom. The van der Waals surface area contributed by atoms with Crippen molar-refractivity contribution in [2.75, 3.05) is 24.7 Å². The molecule has 0 amide bonds. The topological polar surface area (TPSA) is 29.5 Å². The van der Waals surface area contributed by atoms with Crippen molar-refractivity contribution in [1.29, 1.82) is 0 Å². The van der Waals surface area contributed by atoms with Gasteiger partial charge in [0.2, 0.25) is 0 Å². The Morgan fingerprint density at radius 2 is 1.94 bits per heavy atom. The van der Waals surface area contributed by atoms with Crippen LogP contribution in [0.2, 0.25) is 0 Å². The van der Waals surface area contributed by atoms with Gasteiger partial charge in [-0.25, -0.2) is 0 Å². The van der Waals surface area contributed by atoms with Gasteiger partial charge in [0, 0.05) is 6.61 Å². The molecular weight excluding hydrogens is 241 g/mol. The van der Waals surface area contributed by atoms with Crippen molar-refractivity contribution < 1.29 is 23.0 Å². The summed E-state index contributed by atoms with van der Waals surface area (Å²) in [5, 5.41) is 8.67. The fraction of sp³-hybridized carbons (Fsp3) is 1.00. The zero-order valence-electron chi connectivity index (χ0n) is 9.00. The van der Waals surface area contributed by atoms with E-state index < -0.39 is 18.9 Å². The Bertz CT molecular complexity index is 193. The molecule has 0 aliphatic carbocycles. The Labute approximate surface area is 97.5 Å². The molecule has 1 rings (SSSR count). The van der Waals surface area contributed by atoms with E-state index in [9.17, 15) is 13.2 Å². The zero-order valence-corrected chi connectivity index (χ0v) is 9.82. The van der Waals surface area contributed by atoms with E-state index in [4.69, 9.17) is 9.84 Å². The summed E-state index contributed by atoms with van der Waals surface area (Å²) in [5.41, 5.74) is 0. The number of aliphatic hydroxyl groups is 1. The average Bonchev–Trinajstić information content (AvgIpc) is 2.24. The maximum absolute atomic E-state index is 11.9. The first-order valence-electron chi connectivity index (χ1n) is 5.40. The molecule has 1 saturated heterocycles. The van der Waals surface area contributed by atoms with Crippen LogP contribution in [0.25, 0.3) is 0 Å². The quantitative estimate of drug-likeness (QED) is 0.768. The first-order valence-corrected chi connectivity index (χ1v) is 6.56. The Balaban J connectivity index is 2.02. The van der Waals surface area contributed by atoms with Crippen LogP contribution in [0.3, 0.4) is 0 Å². The molecular formula is C10H17F3O2S. The number of hydrogen-bond acceptors (Lipinski definition) is 3. The third-order valence-corrected chi connectivity index (χ3v) is 3.71. The van der Waals surface area contributed by atoms with Crippen molar-refractivity contribution in [3.8, 4) is 0 Å². The highest BCUT2D eigenvalue weighted by Crippen LogP contribution is 2.25. The minimum Gasteiger partial charge on any atom is -0.382 e. The van der Waals surface area contributed by atoms with Crippen molar-refractivity contribution in [2.24, 2.45) is 5.92 Å². The van der Waals surface area contributed by atoms with Gasteiger partial charge < -0.3 is 9.84 Å². The third kappa shape index (κ3) is 5.41. The lowest BCUT2D eigenvalue weighted by Crippen LogP contribution is -2.33. The maximum atomic E-state index is 11.9. The number of aliphatic hydroxyl groups excluding tert-OH is 1. The molecule has 16 heavy (non-hydrogen) atoms. The molecule has 1 heterocycles. The molecule has 0 aromatic carbocycles. The van der Waals surface area contributed by atoms with Gasteiger partial charge >= 0.3 is 6.18 Å². The predicted octanol–water partition coefficient (Wildman–Crippen LogP) is 2.46. The molecule has 1 N–H and O–H groups in total. The number of alkyl halides is 3. The van der Waals surface area contributed by atoms with Crippen molar-refractivity contribution in [2.45, 2.75) is 31.5 Å². The van der Waals surface area contributed by atoms with E-state index in [2.05, 4.69) is 0 Å². The molecule has 1 fully saturated rings. The third-order valence-electron chi connectivity index (χ3n) is 2.66. The summed E-state index contributed by atoms with van der Waals surface area (Å²) in [6.45, 7) is -0.340. The highest BCUT2D eigenvalue weighted by atomic mass is 32.2. The van der Waals surface area contributed by atoms with E-state index in [0.717, 1.165) is 30.8 Å². The molecule has 0 aromatic rings. The molecule has 2 nitrogen and oxygen atoms in total. The molecule has 0 spiro atoms. The Kier molecular flexibility index (Phi) is 5.92. The van der Waals surface area contributed by atoms with Crippen LogP contribution in [-0.2, 0) is 4.74 Å². The zero-order chi connectivity index (χ0) is 12.0. The summed E-state index contributed by atoms with van der Waals surface area (Å²) in [6.07, 6.45) is -3.88. The van der Waals surface area contributed by atoms with Crippen LogP contribution < -0.4 is 0 Å². The highest BCUT2D eigenvalue weighted by molar-refractivity contribution is 7.99. The second kappa shape index (κ2) is 6.71. The fourth-order valence-electron chi connectivity index (χ4n) is 1.57. The number of ether oxygens (including phenoxy) is 1. The van der Waals surface area contributed by atoms with Crippen LogP contribution in [-0.4, -0.2) is 42.1 Å². The van der Waals surface area contributed by atoms with Crippen LogP contribution >= 0.6 is 11.8 Å². The van der Waals surface area contributed by atoms with Gasteiger partial charge in [0.15, 0.2) is 6.10 Å². The first-order chi connectivity index (χ1) is 7.50. The molecule has 6 heteroatoms.